The maximum atomic E-state index is 12.0. The molecule has 0 spiro atoms. The summed E-state index contributed by atoms with van der Waals surface area (Å²) < 4.78 is 0. The Morgan fingerprint density at radius 3 is 1.81 bits per heavy atom. The fourth-order valence-corrected chi connectivity index (χ4v) is 2.32. The second-order valence-electron chi connectivity index (χ2n) is 4.20. The number of rotatable bonds is 3. The summed E-state index contributed by atoms with van der Waals surface area (Å²) in [6.45, 7) is 9.87. The molecule has 0 atom stereocenters. The SMILES string of the molecule is CC.CCN(CC)C(=O)C1CCCCCC1. The quantitative estimate of drug-likeness (QED) is 0.671. The van der Waals surface area contributed by atoms with E-state index in [1.54, 1.807) is 0 Å². The van der Waals surface area contributed by atoms with Crippen LogP contribution >= 0.6 is 0 Å². The minimum absolute atomic E-state index is 0.331. The molecular formula is C14H29NO. The molecule has 0 aromatic rings. The van der Waals surface area contributed by atoms with E-state index in [1.165, 1.54) is 25.7 Å². The first-order valence-corrected chi connectivity index (χ1v) is 7.08. The molecule has 2 nitrogen and oxygen atoms in total. The lowest BCUT2D eigenvalue weighted by Crippen LogP contribution is -2.35. The zero-order chi connectivity index (χ0) is 12.4. The van der Waals surface area contributed by atoms with Crippen molar-refractivity contribution in [3.05, 3.63) is 0 Å². The predicted octanol–water partition coefficient (Wildman–Crippen LogP) is 3.85. The lowest BCUT2D eigenvalue weighted by molar-refractivity contribution is -0.135. The van der Waals surface area contributed by atoms with Crippen molar-refractivity contribution in [1.82, 2.24) is 4.90 Å². The van der Waals surface area contributed by atoms with Crippen LogP contribution in [0, 0.1) is 5.92 Å². The van der Waals surface area contributed by atoms with E-state index in [4.69, 9.17) is 0 Å². The van der Waals surface area contributed by atoms with Crippen LogP contribution < -0.4 is 0 Å². The molecule has 1 amide bonds. The van der Waals surface area contributed by atoms with Gasteiger partial charge < -0.3 is 4.90 Å². The molecule has 0 aromatic heterocycles. The Morgan fingerprint density at radius 1 is 1.00 bits per heavy atom. The van der Waals surface area contributed by atoms with E-state index in [0.29, 0.717) is 11.8 Å². The van der Waals surface area contributed by atoms with Crippen LogP contribution in [0.5, 0.6) is 0 Å². The van der Waals surface area contributed by atoms with Gasteiger partial charge in [0.15, 0.2) is 0 Å². The molecular weight excluding hydrogens is 198 g/mol. The summed E-state index contributed by atoms with van der Waals surface area (Å²) in [5.41, 5.74) is 0. The highest BCUT2D eigenvalue weighted by atomic mass is 16.2. The monoisotopic (exact) mass is 227 g/mol. The Labute approximate surface area is 101 Å². The third-order valence-electron chi connectivity index (χ3n) is 3.28. The molecule has 1 saturated carbocycles. The van der Waals surface area contributed by atoms with Crippen LogP contribution in [0.2, 0.25) is 0 Å². The van der Waals surface area contributed by atoms with Gasteiger partial charge >= 0.3 is 0 Å². The molecule has 0 aromatic carbocycles. The standard InChI is InChI=1S/C12H23NO.C2H6/c1-3-13(4-2)12(14)11-9-7-5-6-8-10-11;1-2/h11H,3-10H2,1-2H3;1-2H3. The van der Waals surface area contributed by atoms with Crippen molar-refractivity contribution in [3.63, 3.8) is 0 Å². The molecule has 1 aliphatic carbocycles. The lowest BCUT2D eigenvalue weighted by atomic mass is 9.99. The van der Waals surface area contributed by atoms with Gasteiger partial charge in [0, 0.05) is 19.0 Å². The van der Waals surface area contributed by atoms with Crippen LogP contribution in [0.3, 0.4) is 0 Å². The van der Waals surface area contributed by atoms with Crippen LogP contribution in [-0.4, -0.2) is 23.9 Å². The molecule has 16 heavy (non-hydrogen) atoms. The first-order valence-electron chi connectivity index (χ1n) is 7.08. The topological polar surface area (TPSA) is 20.3 Å². The zero-order valence-electron chi connectivity index (χ0n) is 11.6. The fraction of sp³-hybridized carbons (Fsp3) is 0.929. The average molecular weight is 227 g/mol. The Hall–Kier alpha value is -0.530. The molecule has 2 heteroatoms. The maximum absolute atomic E-state index is 12.0. The minimum atomic E-state index is 0.331. The highest BCUT2D eigenvalue weighted by Crippen LogP contribution is 2.24. The Kier molecular flexibility index (Phi) is 9.36. The van der Waals surface area contributed by atoms with Crippen molar-refractivity contribution >= 4 is 5.91 Å². The normalized spacial score (nSPS) is 17.0. The number of hydrogen-bond acceptors (Lipinski definition) is 1. The molecule has 0 bridgehead atoms. The van der Waals surface area contributed by atoms with Gasteiger partial charge in [-0.1, -0.05) is 39.5 Å². The van der Waals surface area contributed by atoms with Crippen LogP contribution in [0.15, 0.2) is 0 Å². The summed E-state index contributed by atoms with van der Waals surface area (Å²) >= 11 is 0. The van der Waals surface area contributed by atoms with E-state index in [1.807, 2.05) is 18.7 Å². The molecule has 0 saturated heterocycles. The number of amides is 1. The lowest BCUT2D eigenvalue weighted by Gasteiger charge is -2.24. The van der Waals surface area contributed by atoms with E-state index in [-0.39, 0.29) is 0 Å². The third-order valence-corrected chi connectivity index (χ3v) is 3.28. The molecule has 0 aliphatic heterocycles. The van der Waals surface area contributed by atoms with Gasteiger partial charge in [-0.25, -0.2) is 0 Å². The van der Waals surface area contributed by atoms with E-state index in [0.717, 1.165) is 25.9 Å². The smallest absolute Gasteiger partial charge is 0.225 e. The summed E-state index contributed by atoms with van der Waals surface area (Å²) in [6, 6.07) is 0. The average Bonchev–Trinajstić information content (AvgIpc) is 2.61. The highest BCUT2D eigenvalue weighted by molar-refractivity contribution is 5.78. The molecule has 1 fully saturated rings. The Balaban J connectivity index is 0.00000106. The van der Waals surface area contributed by atoms with Gasteiger partial charge in [0.1, 0.15) is 0 Å². The Bertz CT molecular complexity index is 168. The summed E-state index contributed by atoms with van der Waals surface area (Å²) in [7, 11) is 0. The number of carbonyl (C=O) groups excluding carboxylic acids is 1. The summed E-state index contributed by atoms with van der Waals surface area (Å²) in [5, 5.41) is 0. The van der Waals surface area contributed by atoms with E-state index < -0.39 is 0 Å². The summed E-state index contributed by atoms with van der Waals surface area (Å²) in [4.78, 5) is 14.0. The van der Waals surface area contributed by atoms with Crippen molar-refractivity contribution < 1.29 is 4.79 Å². The van der Waals surface area contributed by atoms with Gasteiger partial charge in [0.25, 0.3) is 0 Å². The largest absolute Gasteiger partial charge is 0.343 e. The maximum Gasteiger partial charge on any atom is 0.225 e. The van der Waals surface area contributed by atoms with Gasteiger partial charge in [0.2, 0.25) is 5.91 Å². The number of nitrogens with zero attached hydrogens (tertiary/aromatic N) is 1. The number of carbonyl (C=O) groups is 1. The van der Waals surface area contributed by atoms with Gasteiger partial charge in [-0.15, -0.1) is 0 Å². The fourth-order valence-electron chi connectivity index (χ4n) is 2.32. The summed E-state index contributed by atoms with van der Waals surface area (Å²) in [6.07, 6.45) is 7.38. The molecule has 0 radical (unpaired) electrons. The zero-order valence-corrected chi connectivity index (χ0v) is 11.6. The van der Waals surface area contributed by atoms with E-state index in [2.05, 4.69) is 13.8 Å². The molecule has 96 valence electrons. The predicted molar refractivity (Wildman–Crippen MR) is 70.5 cm³/mol. The third kappa shape index (κ3) is 5.00. The highest BCUT2D eigenvalue weighted by Gasteiger charge is 2.23. The van der Waals surface area contributed by atoms with Crippen LogP contribution in [0.1, 0.15) is 66.2 Å². The van der Waals surface area contributed by atoms with Crippen LogP contribution in [0.25, 0.3) is 0 Å². The van der Waals surface area contributed by atoms with Crippen molar-refractivity contribution in [2.75, 3.05) is 13.1 Å². The van der Waals surface area contributed by atoms with E-state index >= 15 is 0 Å². The van der Waals surface area contributed by atoms with Crippen molar-refractivity contribution in [2.24, 2.45) is 5.92 Å². The van der Waals surface area contributed by atoms with Crippen molar-refractivity contribution in [2.45, 2.75) is 66.2 Å². The molecule has 0 N–H and O–H groups in total. The molecule has 0 unspecified atom stereocenters. The molecule has 1 rings (SSSR count). The van der Waals surface area contributed by atoms with Gasteiger partial charge in [-0.3, -0.25) is 4.79 Å². The van der Waals surface area contributed by atoms with Crippen molar-refractivity contribution in [3.8, 4) is 0 Å². The molecule has 0 heterocycles. The molecule has 1 aliphatic rings. The number of hydrogen-bond donors (Lipinski definition) is 0. The Morgan fingerprint density at radius 2 is 1.44 bits per heavy atom. The second kappa shape index (κ2) is 9.68. The van der Waals surface area contributed by atoms with Crippen LogP contribution in [0.4, 0.5) is 0 Å². The minimum Gasteiger partial charge on any atom is -0.343 e. The second-order valence-corrected chi connectivity index (χ2v) is 4.20. The summed E-state index contributed by atoms with van der Waals surface area (Å²) in [5.74, 6) is 0.731. The first-order chi connectivity index (χ1) is 7.79. The van der Waals surface area contributed by atoms with Crippen LogP contribution in [-0.2, 0) is 4.79 Å². The van der Waals surface area contributed by atoms with Gasteiger partial charge in [-0.05, 0) is 26.7 Å². The van der Waals surface area contributed by atoms with Crippen molar-refractivity contribution in [1.29, 1.82) is 0 Å². The van der Waals surface area contributed by atoms with Gasteiger partial charge in [0.05, 0.1) is 0 Å². The van der Waals surface area contributed by atoms with E-state index in [9.17, 15) is 4.79 Å². The van der Waals surface area contributed by atoms with Gasteiger partial charge in [-0.2, -0.15) is 0 Å². The first kappa shape index (κ1) is 15.5.